The largest absolute Gasteiger partial charge is 0.313 e. The fourth-order valence-corrected chi connectivity index (χ4v) is 0.929. The van der Waals surface area contributed by atoms with E-state index in [4.69, 9.17) is 5.41 Å². The van der Waals surface area contributed by atoms with Gasteiger partial charge >= 0.3 is 0 Å². The summed E-state index contributed by atoms with van der Waals surface area (Å²) in [5, 5.41) is 6.77. The van der Waals surface area contributed by atoms with Crippen molar-refractivity contribution >= 4 is 6.21 Å². The molecule has 0 saturated heterocycles. The number of aryl methyl sites for hydroxylation is 1. The van der Waals surface area contributed by atoms with Crippen LogP contribution in [0.4, 0.5) is 4.39 Å². The van der Waals surface area contributed by atoms with Crippen molar-refractivity contribution in [3.8, 4) is 0 Å². The van der Waals surface area contributed by atoms with Gasteiger partial charge in [-0.2, -0.15) is 0 Å². The van der Waals surface area contributed by atoms with E-state index in [2.05, 4.69) is 0 Å². The lowest BCUT2D eigenvalue weighted by Gasteiger charge is -1.97. The van der Waals surface area contributed by atoms with Crippen molar-refractivity contribution in [2.24, 2.45) is 0 Å². The predicted molar refractivity (Wildman–Crippen MR) is 43.5 cm³/mol. The Morgan fingerprint density at radius 1 is 1.36 bits per heavy atom. The zero-order valence-corrected chi connectivity index (χ0v) is 6.18. The summed E-state index contributed by atoms with van der Waals surface area (Å²) in [6.07, 6.45) is 2.53. The second-order valence-electron chi connectivity index (χ2n) is 2.33. The van der Waals surface area contributed by atoms with Gasteiger partial charge in [-0.05, 0) is 30.7 Å². The molecule has 0 spiro atoms. The van der Waals surface area contributed by atoms with Crippen LogP contribution < -0.4 is 0 Å². The van der Waals surface area contributed by atoms with Crippen LogP contribution in [0.3, 0.4) is 0 Å². The molecule has 0 unspecified atom stereocenters. The van der Waals surface area contributed by atoms with Crippen LogP contribution in [-0.2, 0) is 6.42 Å². The lowest BCUT2D eigenvalue weighted by Crippen LogP contribution is -1.89. The lowest BCUT2D eigenvalue weighted by atomic mass is 10.1. The summed E-state index contributed by atoms with van der Waals surface area (Å²) in [6.45, 7) is 0. The first-order valence-electron chi connectivity index (χ1n) is 3.57. The minimum Gasteiger partial charge on any atom is -0.313 e. The molecule has 58 valence electrons. The van der Waals surface area contributed by atoms with E-state index in [1.807, 2.05) is 6.07 Å². The highest BCUT2D eigenvalue weighted by Gasteiger charge is 1.97. The van der Waals surface area contributed by atoms with Crippen molar-refractivity contribution in [3.05, 3.63) is 35.6 Å². The second-order valence-corrected chi connectivity index (χ2v) is 2.33. The van der Waals surface area contributed by atoms with Crippen LogP contribution in [0.1, 0.15) is 12.0 Å². The van der Waals surface area contributed by atoms with Gasteiger partial charge in [-0.1, -0.05) is 18.2 Å². The van der Waals surface area contributed by atoms with E-state index < -0.39 is 0 Å². The first-order chi connectivity index (χ1) is 5.34. The van der Waals surface area contributed by atoms with Crippen LogP contribution in [-0.4, -0.2) is 6.21 Å². The zero-order chi connectivity index (χ0) is 8.10. The minimum absolute atomic E-state index is 0.172. The fraction of sp³-hybridized carbons (Fsp3) is 0.222. The lowest BCUT2D eigenvalue weighted by molar-refractivity contribution is 0.610. The van der Waals surface area contributed by atoms with Crippen LogP contribution in [0, 0.1) is 11.2 Å². The van der Waals surface area contributed by atoms with E-state index in [1.165, 1.54) is 12.3 Å². The molecule has 1 aromatic rings. The molecular weight excluding hydrogens is 141 g/mol. The Labute approximate surface area is 65.4 Å². The Kier molecular flexibility index (Phi) is 2.78. The molecule has 0 aromatic heterocycles. The third-order valence-corrected chi connectivity index (χ3v) is 1.52. The molecule has 0 aliphatic heterocycles. The van der Waals surface area contributed by atoms with Crippen LogP contribution >= 0.6 is 0 Å². The molecule has 11 heavy (non-hydrogen) atoms. The molecule has 1 rings (SSSR count). The van der Waals surface area contributed by atoms with Gasteiger partial charge in [-0.25, -0.2) is 4.39 Å². The Morgan fingerprint density at radius 2 is 2.09 bits per heavy atom. The number of benzene rings is 1. The van der Waals surface area contributed by atoms with Gasteiger partial charge in [0.25, 0.3) is 0 Å². The number of hydrogen-bond acceptors (Lipinski definition) is 1. The SMILES string of the molecule is N=CCCc1ccccc1F. The van der Waals surface area contributed by atoms with Gasteiger partial charge in [-0.15, -0.1) is 0 Å². The van der Waals surface area contributed by atoms with Crippen LogP contribution in [0.15, 0.2) is 24.3 Å². The maximum absolute atomic E-state index is 12.8. The highest BCUT2D eigenvalue weighted by molar-refractivity contribution is 5.53. The minimum atomic E-state index is -0.172. The summed E-state index contributed by atoms with van der Waals surface area (Å²) in [5.41, 5.74) is 0.691. The van der Waals surface area contributed by atoms with E-state index in [0.717, 1.165) is 0 Å². The normalized spacial score (nSPS) is 9.55. The smallest absolute Gasteiger partial charge is 0.126 e. The molecule has 1 N–H and O–H groups in total. The van der Waals surface area contributed by atoms with Gasteiger partial charge in [-0.3, -0.25) is 0 Å². The molecule has 1 aromatic carbocycles. The monoisotopic (exact) mass is 151 g/mol. The van der Waals surface area contributed by atoms with Crippen LogP contribution in [0.5, 0.6) is 0 Å². The summed E-state index contributed by atoms with van der Waals surface area (Å²) >= 11 is 0. The molecule has 1 nitrogen and oxygen atoms in total. The van der Waals surface area contributed by atoms with Gasteiger partial charge in [0, 0.05) is 0 Å². The summed E-state index contributed by atoms with van der Waals surface area (Å²) in [4.78, 5) is 0. The number of nitrogens with one attached hydrogen (secondary N) is 1. The summed E-state index contributed by atoms with van der Waals surface area (Å²) < 4.78 is 12.8. The van der Waals surface area contributed by atoms with Crippen LogP contribution in [0.25, 0.3) is 0 Å². The van der Waals surface area contributed by atoms with E-state index in [0.29, 0.717) is 18.4 Å². The Hall–Kier alpha value is -1.18. The highest BCUT2D eigenvalue weighted by atomic mass is 19.1. The molecule has 0 fully saturated rings. The standard InChI is InChI=1S/C9H10FN/c10-9-6-2-1-4-8(9)5-3-7-11/h1-2,4,6-7,11H,3,5H2. The zero-order valence-electron chi connectivity index (χ0n) is 6.18. The maximum Gasteiger partial charge on any atom is 0.126 e. The van der Waals surface area contributed by atoms with Crippen LogP contribution in [0.2, 0.25) is 0 Å². The summed E-state index contributed by atoms with van der Waals surface area (Å²) in [7, 11) is 0. The molecule has 0 heterocycles. The average Bonchev–Trinajstić information content (AvgIpc) is 2.03. The summed E-state index contributed by atoms with van der Waals surface area (Å²) in [5.74, 6) is -0.172. The molecule has 0 radical (unpaired) electrons. The van der Waals surface area contributed by atoms with Crippen molar-refractivity contribution < 1.29 is 4.39 Å². The highest BCUT2D eigenvalue weighted by Crippen LogP contribution is 2.07. The van der Waals surface area contributed by atoms with Gasteiger partial charge in [0.05, 0.1) is 0 Å². The molecule has 0 atom stereocenters. The number of hydrogen-bond donors (Lipinski definition) is 1. The Morgan fingerprint density at radius 3 is 2.73 bits per heavy atom. The molecule has 0 amide bonds. The molecule has 0 saturated carbocycles. The van der Waals surface area contributed by atoms with Crippen molar-refractivity contribution in [2.75, 3.05) is 0 Å². The first-order valence-corrected chi connectivity index (χ1v) is 3.57. The van der Waals surface area contributed by atoms with Gasteiger partial charge in [0.2, 0.25) is 0 Å². The molecule has 0 aliphatic rings. The van der Waals surface area contributed by atoms with Crippen molar-refractivity contribution in [3.63, 3.8) is 0 Å². The fourth-order valence-electron chi connectivity index (χ4n) is 0.929. The third-order valence-electron chi connectivity index (χ3n) is 1.52. The Balaban J connectivity index is 2.69. The average molecular weight is 151 g/mol. The van der Waals surface area contributed by atoms with Crippen molar-refractivity contribution in [1.29, 1.82) is 5.41 Å². The summed E-state index contributed by atoms with van der Waals surface area (Å²) in [6, 6.07) is 6.67. The first kappa shape index (κ1) is 7.92. The second kappa shape index (κ2) is 3.86. The van der Waals surface area contributed by atoms with Gasteiger partial charge in [0.15, 0.2) is 0 Å². The van der Waals surface area contributed by atoms with Crippen molar-refractivity contribution in [2.45, 2.75) is 12.8 Å². The third kappa shape index (κ3) is 2.15. The molecule has 2 heteroatoms. The predicted octanol–water partition coefficient (Wildman–Crippen LogP) is 2.41. The molecular formula is C9H10FN. The molecule has 0 bridgehead atoms. The van der Waals surface area contributed by atoms with E-state index in [1.54, 1.807) is 12.1 Å². The van der Waals surface area contributed by atoms with Gasteiger partial charge < -0.3 is 5.41 Å². The quantitative estimate of drug-likeness (QED) is 0.641. The van der Waals surface area contributed by atoms with E-state index >= 15 is 0 Å². The maximum atomic E-state index is 12.8. The Bertz CT molecular complexity index is 245. The topological polar surface area (TPSA) is 23.9 Å². The van der Waals surface area contributed by atoms with E-state index in [9.17, 15) is 4.39 Å². The van der Waals surface area contributed by atoms with Gasteiger partial charge in [0.1, 0.15) is 5.82 Å². The molecule has 0 aliphatic carbocycles. The van der Waals surface area contributed by atoms with Crippen molar-refractivity contribution in [1.82, 2.24) is 0 Å². The number of halogens is 1. The van der Waals surface area contributed by atoms with E-state index in [-0.39, 0.29) is 5.82 Å². The number of rotatable bonds is 3.